The van der Waals surface area contributed by atoms with Crippen molar-refractivity contribution in [2.75, 3.05) is 46.7 Å². The minimum atomic E-state index is 0.302. The molecule has 0 spiro atoms. The van der Waals surface area contributed by atoms with Gasteiger partial charge in [-0.3, -0.25) is 9.89 Å². The van der Waals surface area contributed by atoms with E-state index >= 15 is 0 Å². The molecule has 2 atom stereocenters. The van der Waals surface area contributed by atoms with Crippen LogP contribution in [0.1, 0.15) is 26.3 Å². The Morgan fingerprint density at radius 3 is 2.96 bits per heavy atom. The van der Waals surface area contributed by atoms with Crippen molar-refractivity contribution in [3.8, 4) is 11.5 Å². The van der Waals surface area contributed by atoms with Crippen LogP contribution in [-0.2, 0) is 11.3 Å². The molecule has 1 saturated heterocycles. The van der Waals surface area contributed by atoms with Gasteiger partial charge in [-0.15, -0.1) is 0 Å². The van der Waals surface area contributed by atoms with Gasteiger partial charge in [0.25, 0.3) is 0 Å². The molecule has 0 aromatic heterocycles. The highest BCUT2D eigenvalue weighted by atomic mass is 16.7. The zero-order valence-corrected chi connectivity index (χ0v) is 16.9. The van der Waals surface area contributed by atoms with Crippen LogP contribution in [0.15, 0.2) is 23.2 Å². The number of morpholine rings is 1. The van der Waals surface area contributed by atoms with Crippen LogP contribution in [0.4, 0.5) is 0 Å². The van der Waals surface area contributed by atoms with Gasteiger partial charge in [-0.25, -0.2) is 0 Å². The first-order valence-corrected chi connectivity index (χ1v) is 9.80. The zero-order valence-electron chi connectivity index (χ0n) is 16.9. The van der Waals surface area contributed by atoms with Gasteiger partial charge in [0.1, 0.15) is 0 Å². The van der Waals surface area contributed by atoms with Crippen LogP contribution in [-0.4, -0.2) is 74.5 Å². The van der Waals surface area contributed by atoms with Crippen molar-refractivity contribution < 1.29 is 14.2 Å². The van der Waals surface area contributed by atoms with Crippen LogP contribution < -0.4 is 14.8 Å². The number of nitrogens with zero attached hydrogens (tertiary/aromatic N) is 3. The van der Waals surface area contributed by atoms with E-state index < -0.39 is 0 Å². The van der Waals surface area contributed by atoms with Crippen molar-refractivity contribution in [2.24, 2.45) is 4.99 Å². The largest absolute Gasteiger partial charge is 0.454 e. The van der Waals surface area contributed by atoms with E-state index in [1.165, 1.54) is 5.56 Å². The van der Waals surface area contributed by atoms with Gasteiger partial charge in [0.15, 0.2) is 17.5 Å². The Morgan fingerprint density at radius 1 is 1.37 bits per heavy atom. The summed E-state index contributed by atoms with van der Waals surface area (Å²) in [5, 5.41) is 3.40. The molecule has 7 nitrogen and oxygen atoms in total. The summed E-state index contributed by atoms with van der Waals surface area (Å²) in [6.07, 6.45) is 0. The molecule has 2 unspecified atom stereocenters. The number of guanidine groups is 1. The topological polar surface area (TPSA) is 58.6 Å². The summed E-state index contributed by atoms with van der Waals surface area (Å²) in [5.41, 5.74) is 1.17. The number of nitrogens with one attached hydrogen (secondary N) is 1. The number of hydrogen-bond donors (Lipinski definition) is 1. The maximum Gasteiger partial charge on any atom is 0.231 e. The fraction of sp³-hybridized carbons (Fsp3) is 0.650. The molecule has 150 valence electrons. The fourth-order valence-corrected chi connectivity index (χ4v) is 3.58. The van der Waals surface area contributed by atoms with Crippen molar-refractivity contribution in [3.63, 3.8) is 0 Å². The minimum Gasteiger partial charge on any atom is -0.454 e. The third-order valence-electron chi connectivity index (χ3n) is 5.04. The van der Waals surface area contributed by atoms with Crippen LogP contribution in [0, 0.1) is 0 Å². The maximum atomic E-state index is 5.55. The van der Waals surface area contributed by atoms with Crippen LogP contribution in [0.3, 0.4) is 0 Å². The Balaban J connectivity index is 1.62. The lowest BCUT2D eigenvalue weighted by atomic mass is 10.2. The lowest BCUT2D eigenvalue weighted by Gasteiger charge is -2.37. The predicted octanol–water partition coefficient (Wildman–Crippen LogP) is 1.92. The van der Waals surface area contributed by atoms with Gasteiger partial charge in [0.2, 0.25) is 6.79 Å². The lowest BCUT2D eigenvalue weighted by molar-refractivity contribution is -0.0166. The molecule has 1 fully saturated rings. The third kappa shape index (κ3) is 5.05. The summed E-state index contributed by atoms with van der Waals surface area (Å²) in [6, 6.07) is 6.91. The average Bonchev–Trinajstić information content (AvgIpc) is 3.13. The first kappa shape index (κ1) is 19.8. The molecule has 1 N–H and O–H groups in total. The molecule has 0 amide bonds. The molecule has 2 aliphatic rings. The van der Waals surface area contributed by atoms with E-state index in [-0.39, 0.29) is 0 Å². The zero-order chi connectivity index (χ0) is 19.2. The second kappa shape index (κ2) is 9.28. The van der Waals surface area contributed by atoms with E-state index in [0.717, 1.165) is 56.9 Å². The maximum absolute atomic E-state index is 5.55. The summed E-state index contributed by atoms with van der Waals surface area (Å²) in [5.74, 6) is 2.55. The Morgan fingerprint density at radius 2 is 2.19 bits per heavy atom. The van der Waals surface area contributed by atoms with E-state index in [4.69, 9.17) is 19.2 Å². The Labute approximate surface area is 162 Å². The monoisotopic (exact) mass is 376 g/mol. The van der Waals surface area contributed by atoms with Crippen LogP contribution in [0.2, 0.25) is 0 Å². The van der Waals surface area contributed by atoms with Crippen molar-refractivity contribution in [1.82, 2.24) is 15.1 Å². The molecule has 2 aliphatic heterocycles. The van der Waals surface area contributed by atoms with Crippen molar-refractivity contribution >= 4 is 5.96 Å². The number of ether oxygens (including phenoxy) is 3. The average molecular weight is 377 g/mol. The van der Waals surface area contributed by atoms with Crippen molar-refractivity contribution in [3.05, 3.63) is 23.8 Å². The Kier molecular flexibility index (Phi) is 6.79. The highest BCUT2D eigenvalue weighted by molar-refractivity contribution is 5.79. The summed E-state index contributed by atoms with van der Waals surface area (Å²) in [7, 11) is 2.06. The number of fused-ring (bicyclic) bond motifs is 1. The number of benzene rings is 1. The van der Waals surface area contributed by atoms with Crippen molar-refractivity contribution in [2.45, 2.75) is 39.4 Å². The standard InChI is InChI=1S/C20H32N4O3/c1-5-21-20(22-11-15(2)24-8-9-25-13-16(24)3)23(4)12-17-6-7-18-19(10-17)27-14-26-18/h6-7,10,15-16H,5,8-9,11-14H2,1-4H3,(H,21,22). The molecule has 2 heterocycles. The summed E-state index contributed by atoms with van der Waals surface area (Å²) in [6.45, 7) is 11.8. The van der Waals surface area contributed by atoms with Gasteiger partial charge in [0.05, 0.1) is 19.8 Å². The summed E-state index contributed by atoms with van der Waals surface area (Å²) >= 11 is 0. The molecule has 0 bridgehead atoms. The molecule has 1 aromatic rings. The number of rotatable bonds is 6. The highest BCUT2D eigenvalue weighted by Gasteiger charge is 2.23. The molecule has 0 radical (unpaired) electrons. The van der Waals surface area contributed by atoms with Crippen LogP contribution in [0.25, 0.3) is 0 Å². The molecular weight excluding hydrogens is 344 g/mol. The second-order valence-electron chi connectivity index (χ2n) is 7.25. The minimum absolute atomic E-state index is 0.302. The molecule has 1 aromatic carbocycles. The molecule has 0 saturated carbocycles. The normalized spacial score (nSPS) is 21.2. The van der Waals surface area contributed by atoms with E-state index in [0.29, 0.717) is 18.9 Å². The van der Waals surface area contributed by atoms with E-state index in [1.807, 2.05) is 12.1 Å². The summed E-state index contributed by atoms with van der Waals surface area (Å²) < 4.78 is 16.4. The molecule has 7 heteroatoms. The first-order chi connectivity index (χ1) is 13.1. The van der Waals surface area contributed by atoms with Gasteiger partial charge < -0.3 is 24.4 Å². The smallest absolute Gasteiger partial charge is 0.231 e. The van der Waals surface area contributed by atoms with Gasteiger partial charge in [0, 0.05) is 38.8 Å². The lowest BCUT2D eigenvalue weighted by Crippen LogP contribution is -2.49. The van der Waals surface area contributed by atoms with E-state index in [9.17, 15) is 0 Å². The van der Waals surface area contributed by atoms with Crippen LogP contribution >= 0.6 is 0 Å². The van der Waals surface area contributed by atoms with Gasteiger partial charge >= 0.3 is 0 Å². The van der Waals surface area contributed by atoms with E-state index in [1.54, 1.807) is 0 Å². The predicted molar refractivity (Wildman–Crippen MR) is 106 cm³/mol. The number of aliphatic imine (C=N–C) groups is 1. The SMILES string of the molecule is CCNC(=NCC(C)N1CCOCC1C)N(C)Cc1ccc2c(c1)OCO2. The third-order valence-corrected chi connectivity index (χ3v) is 5.04. The summed E-state index contributed by atoms with van der Waals surface area (Å²) in [4.78, 5) is 9.51. The molecule has 0 aliphatic carbocycles. The highest BCUT2D eigenvalue weighted by Crippen LogP contribution is 2.32. The molecular formula is C20H32N4O3. The Hall–Kier alpha value is -1.99. The van der Waals surface area contributed by atoms with Gasteiger partial charge in [-0.1, -0.05) is 6.07 Å². The van der Waals surface area contributed by atoms with Crippen molar-refractivity contribution in [1.29, 1.82) is 0 Å². The molecule has 3 rings (SSSR count). The quantitative estimate of drug-likeness (QED) is 0.605. The van der Waals surface area contributed by atoms with Gasteiger partial charge in [-0.2, -0.15) is 0 Å². The van der Waals surface area contributed by atoms with Gasteiger partial charge in [-0.05, 0) is 38.5 Å². The van der Waals surface area contributed by atoms with E-state index in [2.05, 4.69) is 49.0 Å². The van der Waals surface area contributed by atoms with Crippen LogP contribution in [0.5, 0.6) is 11.5 Å². The first-order valence-electron chi connectivity index (χ1n) is 9.80. The fourth-order valence-electron chi connectivity index (χ4n) is 3.58. The molecule has 27 heavy (non-hydrogen) atoms. The number of hydrogen-bond acceptors (Lipinski definition) is 5. The Bertz CT molecular complexity index is 652. The second-order valence-corrected chi connectivity index (χ2v) is 7.25.